The molecule has 0 aliphatic carbocycles. The van der Waals surface area contributed by atoms with Gasteiger partial charge in [0.25, 0.3) is 0 Å². The molecule has 0 atom stereocenters. The highest BCUT2D eigenvalue weighted by Gasteiger charge is 2.20. The van der Waals surface area contributed by atoms with Crippen LogP contribution < -0.4 is 15.5 Å². The quantitative estimate of drug-likeness (QED) is 0.909. The lowest BCUT2D eigenvalue weighted by Crippen LogP contribution is -2.32. The van der Waals surface area contributed by atoms with Crippen LogP contribution in [0.1, 0.15) is 17.5 Å². The number of carbonyl (C=O) groups excluding carboxylic acids is 2. The Hall–Kier alpha value is -2.82. The molecule has 1 heterocycles. The average molecular weight is 323 g/mol. The molecule has 2 aromatic rings. The Labute approximate surface area is 141 Å². The molecule has 0 unspecified atom stereocenters. The van der Waals surface area contributed by atoms with Crippen molar-refractivity contribution in [3.63, 3.8) is 0 Å². The van der Waals surface area contributed by atoms with Gasteiger partial charge in [0.1, 0.15) is 0 Å². The number of benzene rings is 2. The summed E-state index contributed by atoms with van der Waals surface area (Å²) in [4.78, 5) is 25.4. The first-order valence-corrected chi connectivity index (χ1v) is 8.12. The molecule has 3 rings (SSSR count). The van der Waals surface area contributed by atoms with Crippen LogP contribution in [0.3, 0.4) is 0 Å². The summed E-state index contributed by atoms with van der Waals surface area (Å²) in [6.07, 6.45) is 2.02. The maximum atomic E-state index is 12.0. The number of fused-ring (bicyclic) bond motifs is 1. The topological polar surface area (TPSA) is 61.4 Å². The van der Waals surface area contributed by atoms with Crippen LogP contribution in [0.25, 0.3) is 0 Å². The van der Waals surface area contributed by atoms with E-state index in [1.807, 2.05) is 48.5 Å². The van der Waals surface area contributed by atoms with Gasteiger partial charge in [-0.05, 0) is 42.2 Å². The smallest absolute Gasteiger partial charge is 0.319 e. The Balaban J connectivity index is 1.54. The van der Waals surface area contributed by atoms with Crippen LogP contribution in [0, 0.1) is 0 Å². The third-order valence-corrected chi connectivity index (χ3v) is 4.22. The number of hydrogen-bond acceptors (Lipinski definition) is 2. The van der Waals surface area contributed by atoms with Crippen molar-refractivity contribution in [3.05, 3.63) is 59.7 Å². The zero-order chi connectivity index (χ0) is 16.9. The second-order valence-corrected chi connectivity index (χ2v) is 5.91. The second kappa shape index (κ2) is 7.17. The van der Waals surface area contributed by atoms with Crippen molar-refractivity contribution in [2.75, 3.05) is 23.8 Å². The van der Waals surface area contributed by atoms with Gasteiger partial charge < -0.3 is 15.5 Å². The van der Waals surface area contributed by atoms with Crippen molar-refractivity contribution in [2.24, 2.45) is 0 Å². The minimum Gasteiger partial charge on any atom is -0.338 e. The molecule has 0 radical (unpaired) electrons. The van der Waals surface area contributed by atoms with E-state index in [0.29, 0.717) is 19.4 Å². The Morgan fingerprint density at radius 3 is 2.71 bits per heavy atom. The SMILES string of the molecule is CN1C(=O)CCc2cc(NC(=O)NCCc3ccccc3)ccc21. The molecule has 3 amide bonds. The van der Waals surface area contributed by atoms with Crippen molar-refractivity contribution in [1.82, 2.24) is 5.32 Å². The van der Waals surface area contributed by atoms with Crippen molar-refractivity contribution in [1.29, 1.82) is 0 Å². The van der Waals surface area contributed by atoms with Gasteiger partial charge in [0, 0.05) is 31.4 Å². The number of rotatable bonds is 4. The largest absolute Gasteiger partial charge is 0.338 e. The summed E-state index contributed by atoms with van der Waals surface area (Å²) in [5, 5.41) is 5.71. The molecule has 2 aromatic carbocycles. The minimum atomic E-state index is -0.217. The van der Waals surface area contributed by atoms with E-state index in [9.17, 15) is 9.59 Å². The molecule has 5 nitrogen and oxygen atoms in total. The van der Waals surface area contributed by atoms with Crippen molar-refractivity contribution >= 4 is 23.3 Å². The van der Waals surface area contributed by atoms with Gasteiger partial charge in [-0.15, -0.1) is 0 Å². The van der Waals surface area contributed by atoms with Crippen molar-refractivity contribution in [2.45, 2.75) is 19.3 Å². The van der Waals surface area contributed by atoms with Crippen LogP contribution in [0.4, 0.5) is 16.2 Å². The molecule has 0 aromatic heterocycles. The number of nitrogens with one attached hydrogen (secondary N) is 2. The zero-order valence-electron chi connectivity index (χ0n) is 13.7. The highest BCUT2D eigenvalue weighted by atomic mass is 16.2. The average Bonchev–Trinajstić information content (AvgIpc) is 2.59. The zero-order valence-corrected chi connectivity index (χ0v) is 13.7. The van der Waals surface area contributed by atoms with E-state index < -0.39 is 0 Å². The van der Waals surface area contributed by atoms with E-state index in [1.165, 1.54) is 5.56 Å². The molecule has 0 spiro atoms. The van der Waals surface area contributed by atoms with Crippen LogP contribution in [-0.4, -0.2) is 25.5 Å². The summed E-state index contributed by atoms with van der Waals surface area (Å²) < 4.78 is 0. The molecular weight excluding hydrogens is 302 g/mol. The van der Waals surface area contributed by atoms with Crippen LogP contribution in [-0.2, 0) is 17.6 Å². The molecule has 1 aliphatic rings. The highest BCUT2D eigenvalue weighted by Crippen LogP contribution is 2.29. The van der Waals surface area contributed by atoms with Crippen LogP contribution in [0.5, 0.6) is 0 Å². The molecule has 0 bridgehead atoms. The van der Waals surface area contributed by atoms with E-state index in [4.69, 9.17) is 0 Å². The van der Waals surface area contributed by atoms with E-state index in [2.05, 4.69) is 10.6 Å². The normalized spacial score (nSPS) is 13.4. The van der Waals surface area contributed by atoms with E-state index in [-0.39, 0.29) is 11.9 Å². The van der Waals surface area contributed by atoms with E-state index in [0.717, 1.165) is 23.4 Å². The predicted molar refractivity (Wildman–Crippen MR) is 95.3 cm³/mol. The fourth-order valence-electron chi connectivity index (χ4n) is 2.87. The first-order valence-electron chi connectivity index (χ1n) is 8.12. The molecule has 24 heavy (non-hydrogen) atoms. The minimum absolute atomic E-state index is 0.127. The molecule has 0 saturated carbocycles. The third kappa shape index (κ3) is 3.74. The molecule has 5 heteroatoms. The van der Waals surface area contributed by atoms with E-state index >= 15 is 0 Å². The summed E-state index contributed by atoms with van der Waals surface area (Å²) >= 11 is 0. The number of nitrogens with zero attached hydrogens (tertiary/aromatic N) is 1. The van der Waals surface area contributed by atoms with Crippen LogP contribution >= 0.6 is 0 Å². The third-order valence-electron chi connectivity index (χ3n) is 4.22. The van der Waals surface area contributed by atoms with Crippen LogP contribution in [0.15, 0.2) is 48.5 Å². The molecular formula is C19H21N3O2. The first-order chi connectivity index (χ1) is 11.6. The van der Waals surface area contributed by atoms with Gasteiger partial charge in [-0.25, -0.2) is 4.79 Å². The number of amides is 3. The number of anilines is 2. The van der Waals surface area contributed by atoms with Gasteiger partial charge in [0.2, 0.25) is 5.91 Å². The van der Waals surface area contributed by atoms with Crippen LogP contribution in [0.2, 0.25) is 0 Å². The molecule has 1 aliphatic heterocycles. The monoisotopic (exact) mass is 323 g/mol. The number of hydrogen-bond donors (Lipinski definition) is 2. The number of urea groups is 1. The fraction of sp³-hybridized carbons (Fsp3) is 0.263. The highest BCUT2D eigenvalue weighted by molar-refractivity contribution is 5.97. The lowest BCUT2D eigenvalue weighted by molar-refractivity contribution is -0.118. The first kappa shape index (κ1) is 16.1. The Bertz CT molecular complexity index is 744. The molecule has 124 valence electrons. The van der Waals surface area contributed by atoms with Gasteiger partial charge in [-0.3, -0.25) is 4.79 Å². The molecule has 0 saturated heterocycles. The van der Waals surface area contributed by atoms with Gasteiger partial charge >= 0.3 is 6.03 Å². The lowest BCUT2D eigenvalue weighted by atomic mass is 10.0. The maximum Gasteiger partial charge on any atom is 0.319 e. The van der Waals surface area contributed by atoms with Crippen molar-refractivity contribution < 1.29 is 9.59 Å². The van der Waals surface area contributed by atoms with Gasteiger partial charge in [-0.1, -0.05) is 30.3 Å². The Morgan fingerprint density at radius 1 is 1.12 bits per heavy atom. The van der Waals surface area contributed by atoms with Gasteiger partial charge in [0.05, 0.1) is 0 Å². The Kier molecular flexibility index (Phi) is 4.79. The van der Waals surface area contributed by atoms with Gasteiger partial charge in [0.15, 0.2) is 0 Å². The summed E-state index contributed by atoms with van der Waals surface area (Å²) in [7, 11) is 1.78. The standard InChI is InChI=1S/C19H21N3O2/c1-22-17-9-8-16(13-15(17)7-10-18(22)23)21-19(24)20-12-11-14-5-3-2-4-6-14/h2-6,8-9,13H,7,10-12H2,1H3,(H2,20,21,24). The molecule has 0 fully saturated rings. The number of aryl methyl sites for hydroxylation is 1. The van der Waals surface area contributed by atoms with Gasteiger partial charge in [-0.2, -0.15) is 0 Å². The summed E-state index contributed by atoms with van der Waals surface area (Å²) in [5.74, 6) is 0.127. The lowest BCUT2D eigenvalue weighted by Gasteiger charge is -2.26. The fourth-order valence-corrected chi connectivity index (χ4v) is 2.87. The van der Waals surface area contributed by atoms with Crippen molar-refractivity contribution in [3.8, 4) is 0 Å². The summed E-state index contributed by atoms with van der Waals surface area (Å²) in [6, 6.07) is 15.5. The predicted octanol–water partition coefficient (Wildman–Crippen LogP) is 2.96. The van der Waals surface area contributed by atoms with E-state index in [1.54, 1.807) is 11.9 Å². The Morgan fingerprint density at radius 2 is 1.92 bits per heavy atom. The maximum absolute atomic E-state index is 12.0. The number of carbonyl (C=O) groups is 2. The molecule has 2 N–H and O–H groups in total. The second-order valence-electron chi connectivity index (χ2n) is 5.91. The summed E-state index contributed by atoms with van der Waals surface area (Å²) in [5.41, 5.74) is 3.94. The summed E-state index contributed by atoms with van der Waals surface area (Å²) in [6.45, 7) is 0.581.